The zero-order valence-electron chi connectivity index (χ0n) is 17.4. The normalized spacial score (nSPS) is 18.6. The smallest absolute Gasteiger partial charge is 0.341 e. The number of benzene rings is 1. The molecule has 1 saturated carbocycles. The van der Waals surface area contributed by atoms with E-state index in [1.54, 1.807) is 0 Å². The Hall–Kier alpha value is -3.09. The van der Waals surface area contributed by atoms with Gasteiger partial charge in [0.15, 0.2) is 5.43 Å². The maximum atomic E-state index is 12.6. The molecule has 5 rings (SSSR count). The molecule has 0 radical (unpaired) electrons. The van der Waals surface area contributed by atoms with Gasteiger partial charge in [0.1, 0.15) is 16.8 Å². The van der Waals surface area contributed by atoms with Crippen molar-refractivity contribution in [2.45, 2.75) is 58.7 Å². The number of carbonyl (C=O) groups is 1. The molecular formula is C23H25N3O4. The molecule has 0 amide bonds. The first-order valence-electron chi connectivity index (χ1n) is 10.4. The van der Waals surface area contributed by atoms with Gasteiger partial charge in [-0.1, -0.05) is 32.9 Å². The second-order valence-corrected chi connectivity index (χ2v) is 9.38. The van der Waals surface area contributed by atoms with Crippen LogP contribution in [-0.4, -0.2) is 31.5 Å². The van der Waals surface area contributed by atoms with Gasteiger partial charge in [0.05, 0.1) is 30.1 Å². The summed E-state index contributed by atoms with van der Waals surface area (Å²) in [6, 6.07) is 7.26. The van der Waals surface area contributed by atoms with Crippen LogP contribution in [-0.2, 0) is 6.54 Å². The third-order valence-corrected chi connectivity index (χ3v) is 6.31. The van der Waals surface area contributed by atoms with Gasteiger partial charge < -0.3 is 14.4 Å². The number of hydrogen-bond donors (Lipinski definition) is 1. The molecular weight excluding hydrogens is 382 g/mol. The lowest BCUT2D eigenvalue weighted by molar-refractivity contribution is 0.0693. The van der Waals surface area contributed by atoms with E-state index in [0.717, 1.165) is 35.2 Å². The van der Waals surface area contributed by atoms with Crippen molar-refractivity contribution in [2.75, 3.05) is 0 Å². The second kappa shape index (κ2) is 6.45. The molecule has 1 aliphatic heterocycles. The Balaban J connectivity index is 1.75. The fraction of sp³-hybridized carbons (Fsp3) is 0.435. The van der Waals surface area contributed by atoms with Crippen LogP contribution < -0.4 is 10.2 Å². The van der Waals surface area contributed by atoms with Crippen LogP contribution in [0.4, 0.5) is 0 Å². The summed E-state index contributed by atoms with van der Waals surface area (Å²) in [4.78, 5) is 24.2. The predicted molar refractivity (Wildman–Crippen MR) is 113 cm³/mol. The maximum Gasteiger partial charge on any atom is 0.341 e. The van der Waals surface area contributed by atoms with E-state index in [-0.39, 0.29) is 23.1 Å². The van der Waals surface area contributed by atoms with Crippen LogP contribution in [0.3, 0.4) is 0 Å². The van der Waals surface area contributed by atoms with Crippen LogP contribution in [0.1, 0.15) is 56.4 Å². The van der Waals surface area contributed by atoms with E-state index in [0.29, 0.717) is 12.2 Å². The zero-order valence-corrected chi connectivity index (χ0v) is 17.4. The Morgan fingerprint density at radius 1 is 1.27 bits per heavy atom. The van der Waals surface area contributed by atoms with Crippen molar-refractivity contribution < 1.29 is 14.6 Å². The molecule has 0 bridgehead atoms. The molecule has 7 heteroatoms. The van der Waals surface area contributed by atoms with Crippen LogP contribution >= 0.6 is 0 Å². The second-order valence-electron chi connectivity index (χ2n) is 9.38. The van der Waals surface area contributed by atoms with E-state index in [4.69, 9.17) is 9.84 Å². The lowest BCUT2D eigenvalue weighted by atomic mass is 9.85. The highest BCUT2D eigenvalue weighted by Gasteiger charge is 2.35. The number of pyridine rings is 1. The Morgan fingerprint density at radius 2 is 2.03 bits per heavy atom. The van der Waals surface area contributed by atoms with Crippen molar-refractivity contribution >= 4 is 16.9 Å². The van der Waals surface area contributed by atoms with Crippen molar-refractivity contribution in [1.82, 2.24) is 14.3 Å². The number of nitrogens with zero attached hydrogens (tertiary/aromatic N) is 3. The molecule has 7 nitrogen and oxygen atoms in total. The lowest BCUT2D eigenvalue weighted by Crippen LogP contribution is -2.35. The molecule has 1 aromatic carbocycles. The van der Waals surface area contributed by atoms with Crippen molar-refractivity contribution in [3.63, 3.8) is 0 Å². The van der Waals surface area contributed by atoms with Gasteiger partial charge in [0.25, 0.3) is 0 Å². The van der Waals surface area contributed by atoms with Crippen molar-refractivity contribution in [3.05, 3.63) is 46.2 Å². The number of rotatable bonds is 3. The summed E-state index contributed by atoms with van der Waals surface area (Å²) in [6.45, 7) is 6.92. The minimum absolute atomic E-state index is 0.0518. The van der Waals surface area contributed by atoms with Gasteiger partial charge in [-0.15, -0.1) is 0 Å². The van der Waals surface area contributed by atoms with Gasteiger partial charge in [-0.2, -0.15) is 5.10 Å². The number of carboxylic acids is 1. The van der Waals surface area contributed by atoms with Gasteiger partial charge in [-0.05, 0) is 30.7 Å². The van der Waals surface area contributed by atoms with Gasteiger partial charge >= 0.3 is 5.97 Å². The average molecular weight is 407 g/mol. The Kier molecular flexibility index (Phi) is 4.07. The van der Waals surface area contributed by atoms with Crippen LogP contribution in [0, 0.1) is 5.41 Å². The SMILES string of the molecule is CC(C)(C)C1Cn2nc3c(OC4CCC4)cccc3c2-c2cc(=O)c(C(=O)O)cn21. The number of aromatic carboxylic acids is 1. The van der Waals surface area contributed by atoms with Gasteiger partial charge in [-0.25, -0.2) is 4.79 Å². The molecule has 2 aliphatic rings. The maximum absolute atomic E-state index is 12.6. The quantitative estimate of drug-likeness (QED) is 0.707. The number of aromatic nitrogens is 3. The van der Waals surface area contributed by atoms with E-state index in [9.17, 15) is 14.7 Å². The third kappa shape index (κ3) is 2.83. The Morgan fingerprint density at radius 3 is 2.67 bits per heavy atom. The van der Waals surface area contributed by atoms with Gasteiger partial charge in [0.2, 0.25) is 0 Å². The fourth-order valence-electron chi connectivity index (χ4n) is 4.39. The molecule has 0 saturated heterocycles. The van der Waals surface area contributed by atoms with E-state index >= 15 is 0 Å². The first-order valence-corrected chi connectivity index (χ1v) is 10.4. The monoisotopic (exact) mass is 407 g/mol. The molecule has 3 aromatic rings. The largest absolute Gasteiger partial charge is 0.488 e. The first-order chi connectivity index (χ1) is 14.2. The average Bonchev–Trinajstić information content (AvgIpc) is 3.02. The molecule has 1 aliphatic carbocycles. The van der Waals surface area contributed by atoms with E-state index in [2.05, 4.69) is 20.8 Å². The van der Waals surface area contributed by atoms with Crippen molar-refractivity contribution in [3.8, 4) is 17.1 Å². The minimum Gasteiger partial charge on any atom is -0.488 e. The summed E-state index contributed by atoms with van der Waals surface area (Å²) in [7, 11) is 0. The highest BCUT2D eigenvalue weighted by Crippen LogP contribution is 2.43. The molecule has 1 unspecified atom stereocenters. The summed E-state index contributed by atoms with van der Waals surface area (Å²) in [5.74, 6) is -0.439. The number of fused-ring (bicyclic) bond motifs is 5. The van der Waals surface area contributed by atoms with Crippen LogP contribution in [0.2, 0.25) is 0 Å². The third-order valence-electron chi connectivity index (χ3n) is 6.31. The molecule has 3 heterocycles. The highest BCUT2D eigenvalue weighted by atomic mass is 16.5. The number of hydrogen-bond acceptors (Lipinski definition) is 4. The first kappa shape index (κ1) is 18.9. The summed E-state index contributed by atoms with van der Waals surface area (Å²) in [5, 5.41) is 15.3. The standard InChI is InChI=1S/C23H25N3O4/c1-23(2,3)19-12-26-21(16-10-17(27)15(22(28)29)11-25(16)19)14-8-5-9-18(20(14)24-26)30-13-6-4-7-13/h5,8-11,13,19H,4,6-7,12H2,1-3H3,(H,28,29). The van der Waals surface area contributed by atoms with Crippen molar-refractivity contribution in [2.24, 2.45) is 5.41 Å². The summed E-state index contributed by atoms with van der Waals surface area (Å²) >= 11 is 0. The van der Waals surface area contributed by atoms with E-state index < -0.39 is 11.4 Å². The van der Waals surface area contributed by atoms with Crippen LogP contribution in [0.5, 0.6) is 5.75 Å². The summed E-state index contributed by atoms with van der Waals surface area (Å²) in [6.07, 6.45) is 5.05. The molecule has 2 aromatic heterocycles. The molecule has 0 spiro atoms. The summed E-state index contributed by atoms with van der Waals surface area (Å²) < 4.78 is 10.1. The molecule has 156 valence electrons. The molecule has 1 fully saturated rings. The van der Waals surface area contributed by atoms with Crippen LogP contribution in [0.25, 0.3) is 22.3 Å². The van der Waals surface area contributed by atoms with E-state index in [1.165, 1.54) is 18.7 Å². The number of ether oxygens (including phenoxy) is 1. The van der Waals surface area contributed by atoms with Crippen molar-refractivity contribution in [1.29, 1.82) is 0 Å². The fourth-order valence-corrected chi connectivity index (χ4v) is 4.39. The van der Waals surface area contributed by atoms with E-state index in [1.807, 2.05) is 27.4 Å². The predicted octanol–water partition coefficient (Wildman–Crippen LogP) is 4.10. The van der Waals surface area contributed by atoms with Crippen LogP contribution in [0.15, 0.2) is 35.3 Å². The molecule has 1 atom stereocenters. The lowest BCUT2D eigenvalue weighted by Gasteiger charge is -2.38. The number of carboxylic acid groups (broad SMARTS) is 1. The van der Waals surface area contributed by atoms with Gasteiger partial charge in [-0.3, -0.25) is 9.48 Å². The Labute approximate surface area is 173 Å². The zero-order chi connectivity index (χ0) is 21.2. The molecule has 30 heavy (non-hydrogen) atoms. The van der Waals surface area contributed by atoms with Gasteiger partial charge in [0, 0.05) is 17.6 Å². The summed E-state index contributed by atoms with van der Waals surface area (Å²) in [5.41, 5.74) is 1.44. The Bertz CT molecular complexity index is 1230. The molecule has 1 N–H and O–H groups in total. The topological polar surface area (TPSA) is 86.3 Å². The minimum atomic E-state index is -1.21. The highest BCUT2D eigenvalue weighted by molar-refractivity contribution is 5.96.